The normalized spacial score (nSPS) is 12.2. The Labute approximate surface area is 134 Å². The highest BCUT2D eigenvalue weighted by molar-refractivity contribution is 6.31. The Morgan fingerprint density at radius 1 is 1.45 bits per heavy atom. The standard InChI is InChI=1S/C14H19ClN4O3/c1-9-4-11(6-12(15)5-9)14(20)19(3)7-10(2)18-22-8-13(16)17-21/h4-6,21H,7-8H2,1-3H3,(H2,16,17)/b18-10+. The molecule has 22 heavy (non-hydrogen) atoms. The summed E-state index contributed by atoms with van der Waals surface area (Å²) in [5.41, 5.74) is 7.24. The van der Waals surface area contributed by atoms with Crippen LogP contribution in [0.2, 0.25) is 5.02 Å². The van der Waals surface area contributed by atoms with Crippen molar-refractivity contribution in [3.05, 3.63) is 34.3 Å². The molecular formula is C14H19ClN4O3. The largest absolute Gasteiger partial charge is 0.409 e. The fourth-order valence-corrected chi connectivity index (χ4v) is 2.05. The summed E-state index contributed by atoms with van der Waals surface area (Å²) < 4.78 is 0. The topological polar surface area (TPSA) is 101 Å². The molecule has 0 atom stereocenters. The second-order valence-electron chi connectivity index (χ2n) is 4.87. The fraction of sp³-hybridized carbons (Fsp3) is 0.357. The summed E-state index contributed by atoms with van der Waals surface area (Å²) in [5.74, 6) is -0.257. The Kier molecular flexibility index (Phi) is 6.65. The maximum absolute atomic E-state index is 12.3. The number of amidine groups is 1. The van der Waals surface area contributed by atoms with Crippen LogP contribution in [0.3, 0.4) is 0 Å². The molecule has 8 heteroatoms. The van der Waals surface area contributed by atoms with Gasteiger partial charge in [0, 0.05) is 17.6 Å². The summed E-state index contributed by atoms with van der Waals surface area (Å²) >= 11 is 5.96. The molecule has 0 saturated heterocycles. The van der Waals surface area contributed by atoms with Gasteiger partial charge in [-0.1, -0.05) is 21.9 Å². The average molecular weight is 327 g/mol. The maximum Gasteiger partial charge on any atom is 0.253 e. The first-order valence-electron chi connectivity index (χ1n) is 6.48. The lowest BCUT2D eigenvalue weighted by Crippen LogP contribution is -2.31. The van der Waals surface area contributed by atoms with E-state index in [2.05, 4.69) is 10.3 Å². The van der Waals surface area contributed by atoms with Crippen LogP contribution in [0.15, 0.2) is 28.5 Å². The second-order valence-corrected chi connectivity index (χ2v) is 5.31. The molecule has 1 aromatic rings. The zero-order valence-corrected chi connectivity index (χ0v) is 13.5. The van der Waals surface area contributed by atoms with Gasteiger partial charge in [-0.25, -0.2) is 0 Å². The second kappa shape index (κ2) is 8.23. The minimum atomic E-state index is -0.170. The lowest BCUT2D eigenvalue weighted by Gasteiger charge is -2.17. The van der Waals surface area contributed by atoms with Gasteiger partial charge in [0.15, 0.2) is 12.4 Å². The SMILES string of the molecule is C/C(CN(C)C(=O)c1cc(C)cc(Cl)c1)=N\OC/C(N)=N\O. The summed E-state index contributed by atoms with van der Waals surface area (Å²) in [4.78, 5) is 18.7. The molecule has 0 unspecified atom stereocenters. The maximum atomic E-state index is 12.3. The van der Waals surface area contributed by atoms with Crippen molar-refractivity contribution in [2.45, 2.75) is 13.8 Å². The molecular weight excluding hydrogens is 308 g/mol. The van der Waals surface area contributed by atoms with Crippen molar-refractivity contribution in [1.29, 1.82) is 0 Å². The number of carbonyl (C=O) groups is 1. The fourth-order valence-electron chi connectivity index (χ4n) is 1.76. The Morgan fingerprint density at radius 3 is 2.73 bits per heavy atom. The first-order valence-corrected chi connectivity index (χ1v) is 6.85. The highest BCUT2D eigenvalue weighted by Gasteiger charge is 2.13. The third-order valence-corrected chi connectivity index (χ3v) is 2.88. The molecule has 7 nitrogen and oxygen atoms in total. The highest BCUT2D eigenvalue weighted by atomic mass is 35.5. The van der Waals surface area contributed by atoms with E-state index in [9.17, 15) is 4.79 Å². The van der Waals surface area contributed by atoms with E-state index in [1.165, 1.54) is 4.90 Å². The van der Waals surface area contributed by atoms with Crippen LogP contribution in [0.1, 0.15) is 22.8 Å². The van der Waals surface area contributed by atoms with Gasteiger partial charge in [0.2, 0.25) is 0 Å². The van der Waals surface area contributed by atoms with Crippen molar-refractivity contribution in [2.24, 2.45) is 16.0 Å². The molecule has 0 saturated carbocycles. The molecule has 1 rings (SSSR count). The highest BCUT2D eigenvalue weighted by Crippen LogP contribution is 2.15. The van der Waals surface area contributed by atoms with Crippen molar-refractivity contribution in [3.63, 3.8) is 0 Å². The third kappa shape index (κ3) is 5.61. The summed E-state index contributed by atoms with van der Waals surface area (Å²) in [5, 5.41) is 15.4. The molecule has 0 aliphatic rings. The van der Waals surface area contributed by atoms with Gasteiger partial charge in [0.05, 0.1) is 12.3 Å². The molecule has 1 aromatic carbocycles. The van der Waals surface area contributed by atoms with E-state index >= 15 is 0 Å². The number of halogens is 1. The van der Waals surface area contributed by atoms with Crippen LogP contribution in [0, 0.1) is 6.92 Å². The van der Waals surface area contributed by atoms with E-state index in [1.54, 1.807) is 32.2 Å². The predicted molar refractivity (Wildman–Crippen MR) is 85.6 cm³/mol. The van der Waals surface area contributed by atoms with E-state index in [1.807, 2.05) is 6.92 Å². The molecule has 0 bridgehead atoms. The number of benzene rings is 1. The first kappa shape index (κ1) is 17.8. The van der Waals surface area contributed by atoms with Crippen LogP contribution in [-0.4, -0.2) is 47.8 Å². The first-order chi connectivity index (χ1) is 10.3. The molecule has 0 aliphatic heterocycles. The van der Waals surface area contributed by atoms with Crippen LogP contribution in [0.25, 0.3) is 0 Å². The van der Waals surface area contributed by atoms with Crippen LogP contribution < -0.4 is 5.73 Å². The monoisotopic (exact) mass is 326 g/mol. The number of oxime groups is 2. The lowest BCUT2D eigenvalue weighted by atomic mass is 10.1. The Balaban J connectivity index is 2.65. The Bertz CT molecular complexity index is 582. The number of nitrogens with zero attached hydrogens (tertiary/aromatic N) is 3. The number of rotatable bonds is 6. The van der Waals surface area contributed by atoms with Crippen LogP contribution >= 0.6 is 11.6 Å². The van der Waals surface area contributed by atoms with E-state index in [4.69, 9.17) is 27.4 Å². The van der Waals surface area contributed by atoms with Gasteiger partial charge in [-0.05, 0) is 37.6 Å². The quantitative estimate of drug-likeness (QED) is 0.360. The van der Waals surface area contributed by atoms with Gasteiger partial charge in [-0.2, -0.15) is 0 Å². The Morgan fingerprint density at radius 2 is 2.14 bits per heavy atom. The van der Waals surface area contributed by atoms with Crippen LogP contribution in [0.5, 0.6) is 0 Å². The average Bonchev–Trinajstić information content (AvgIpc) is 2.44. The Hall–Kier alpha value is -2.28. The molecule has 0 heterocycles. The van der Waals surface area contributed by atoms with E-state index in [-0.39, 0.29) is 24.9 Å². The van der Waals surface area contributed by atoms with Crippen molar-refractivity contribution in [1.82, 2.24) is 4.90 Å². The van der Waals surface area contributed by atoms with Crippen LogP contribution in [0.4, 0.5) is 0 Å². The lowest BCUT2D eigenvalue weighted by molar-refractivity contribution is 0.0812. The summed E-state index contributed by atoms with van der Waals surface area (Å²) in [6.45, 7) is 3.73. The van der Waals surface area contributed by atoms with Gasteiger partial charge in [-0.3, -0.25) is 4.79 Å². The molecule has 0 aliphatic carbocycles. The zero-order chi connectivity index (χ0) is 16.7. The summed E-state index contributed by atoms with van der Waals surface area (Å²) in [7, 11) is 1.65. The van der Waals surface area contributed by atoms with Gasteiger partial charge in [0.25, 0.3) is 5.91 Å². The van der Waals surface area contributed by atoms with Gasteiger partial charge in [0.1, 0.15) is 0 Å². The number of carbonyl (C=O) groups excluding carboxylic acids is 1. The van der Waals surface area contributed by atoms with Crippen molar-refractivity contribution in [2.75, 3.05) is 20.2 Å². The smallest absolute Gasteiger partial charge is 0.253 e. The molecule has 0 radical (unpaired) electrons. The van der Waals surface area contributed by atoms with Crippen molar-refractivity contribution in [3.8, 4) is 0 Å². The summed E-state index contributed by atoms with van der Waals surface area (Å²) in [6, 6.07) is 5.17. The van der Waals surface area contributed by atoms with E-state index < -0.39 is 0 Å². The van der Waals surface area contributed by atoms with Gasteiger partial charge >= 0.3 is 0 Å². The number of hydrogen-bond acceptors (Lipinski definition) is 5. The van der Waals surface area contributed by atoms with E-state index in [0.29, 0.717) is 16.3 Å². The third-order valence-electron chi connectivity index (χ3n) is 2.66. The number of nitrogens with two attached hydrogens (primary N) is 1. The van der Waals surface area contributed by atoms with Gasteiger partial charge in [-0.15, -0.1) is 0 Å². The summed E-state index contributed by atoms with van der Waals surface area (Å²) in [6.07, 6.45) is 0. The molecule has 0 aromatic heterocycles. The minimum absolute atomic E-state index is 0.0876. The van der Waals surface area contributed by atoms with E-state index in [0.717, 1.165) is 5.56 Å². The molecule has 0 spiro atoms. The number of aryl methyl sites for hydroxylation is 1. The number of amides is 1. The number of hydrogen-bond donors (Lipinski definition) is 2. The molecule has 120 valence electrons. The molecule has 3 N–H and O–H groups in total. The van der Waals surface area contributed by atoms with Gasteiger partial charge < -0.3 is 20.7 Å². The predicted octanol–water partition coefficient (Wildman–Crippen LogP) is 1.86. The molecule has 0 fully saturated rings. The zero-order valence-electron chi connectivity index (χ0n) is 12.7. The molecule has 1 amide bonds. The minimum Gasteiger partial charge on any atom is -0.409 e. The van der Waals surface area contributed by atoms with Crippen molar-refractivity contribution >= 4 is 29.1 Å². The van der Waals surface area contributed by atoms with Crippen molar-refractivity contribution < 1.29 is 14.8 Å². The van der Waals surface area contributed by atoms with Crippen LogP contribution in [-0.2, 0) is 4.84 Å².